The van der Waals surface area contributed by atoms with Gasteiger partial charge in [-0.1, -0.05) is 15.9 Å². The first-order valence-electron chi connectivity index (χ1n) is 6.10. The average molecular weight is 326 g/mol. The van der Waals surface area contributed by atoms with Gasteiger partial charge < -0.3 is 9.64 Å². The highest BCUT2D eigenvalue weighted by Crippen LogP contribution is 2.14. The molecule has 0 saturated carbocycles. The number of carbonyl (C=O) groups excluding carboxylic acids is 1. The Morgan fingerprint density at radius 2 is 1.95 bits per heavy atom. The van der Waals surface area contributed by atoms with Crippen LogP contribution in [0.1, 0.15) is 6.92 Å². The van der Waals surface area contributed by atoms with Gasteiger partial charge >= 0.3 is 0 Å². The smallest absolute Gasteiger partial charge is 0.196 e. The number of Topliss-reactive ketones (excluding diaryl/α,β-unsaturated/α-hetero) is 1. The molecule has 1 aliphatic heterocycles. The Bertz CT molecular complexity index is 467. The van der Waals surface area contributed by atoms with E-state index in [0.717, 1.165) is 10.2 Å². The summed E-state index contributed by atoms with van der Waals surface area (Å²) in [5.74, 6) is 0.401. The predicted molar refractivity (Wildman–Crippen MR) is 78.3 cm³/mol. The Balaban J connectivity index is 2.07. The molecule has 0 unspecified atom stereocenters. The summed E-state index contributed by atoms with van der Waals surface area (Å²) in [7, 11) is 0. The third-order valence-corrected chi connectivity index (χ3v) is 3.29. The molecule has 1 saturated heterocycles. The maximum absolute atomic E-state index is 11.7. The quantitative estimate of drug-likeness (QED) is 0.525. The number of hydrogen-bond acceptors (Lipinski definition) is 4. The molecule has 0 atom stereocenters. The van der Waals surface area contributed by atoms with Gasteiger partial charge in [-0.05, 0) is 24.3 Å². The molecule has 0 aromatic heterocycles. The van der Waals surface area contributed by atoms with Crippen molar-refractivity contribution in [2.75, 3.05) is 31.7 Å². The van der Waals surface area contributed by atoms with Crippen molar-refractivity contribution >= 4 is 33.2 Å². The summed E-state index contributed by atoms with van der Waals surface area (Å²) in [6, 6.07) is 7.62. The molecule has 5 nitrogen and oxygen atoms in total. The van der Waals surface area contributed by atoms with E-state index in [1.165, 1.54) is 6.92 Å². The summed E-state index contributed by atoms with van der Waals surface area (Å²) < 4.78 is 6.27. The SMILES string of the molecule is CC(=O)/C(=N\Nc1ccc(Br)cc1)N1CCOCC1. The number of amidine groups is 1. The zero-order chi connectivity index (χ0) is 13.7. The van der Waals surface area contributed by atoms with Crippen LogP contribution in [0.4, 0.5) is 5.69 Å². The highest BCUT2D eigenvalue weighted by Gasteiger charge is 2.18. The molecule has 1 aromatic rings. The van der Waals surface area contributed by atoms with Crippen molar-refractivity contribution in [1.29, 1.82) is 0 Å². The summed E-state index contributed by atoms with van der Waals surface area (Å²) >= 11 is 3.37. The number of ether oxygens (including phenoxy) is 1. The van der Waals surface area contributed by atoms with E-state index in [1.807, 2.05) is 29.2 Å². The van der Waals surface area contributed by atoms with Crippen molar-refractivity contribution < 1.29 is 9.53 Å². The number of hydrogen-bond donors (Lipinski definition) is 1. The summed E-state index contributed by atoms with van der Waals surface area (Å²) in [6.45, 7) is 4.17. The first-order chi connectivity index (χ1) is 9.16. The summed E-state index contributed by atoms with van der Waals surface area (Å²) in [5.41, 5.74) is 3.76. The minimum atomic E-state index is -0.0495. The van der Waals surface area contributed by atoms with Crippen molar-refractivity contribution in [2.24, 2.45) is 5.10 Å². The van der Waals surface area contributed by atoms with Gasteiger partial charge in [0.1, 0.15) is 0 Å². The van der Waals surface area contributed by atoms with Gasteiger partial charge in [0.2, 0.25) is 0 Å². The highest BCUT2D eigenvalue weighted by atomic mass is 79.9. The lowest BCUT2D eigenvalue weighted by atomic mass is 10.3. The third-order valence-electron chi connectivity index (χ3n) is 2.76. The minimum Gasteiger partial charge on any atom is -0.378 e. The molecule has 0 spiro atoms. The molecule has 1 heterocycles. The number of nitrogens with one attached hydrogen (secondary N) is 1. The largest absolute Gasteiger partial charge is 0.378 e. The normalized spacial score (nSPS) is 16.3. The maximum Gasteiger partial charge on any atom is 0.196 e. The molecule has 1 fully saturated rings. The van der Waals surface area contributed by atoms with Crippen molar-refractivity contribution in [1.82, 2.24) is 4.90 Å². The second kappa shape index (κ2) is 6.68. The molecule has 2 rings (SSSR count). The topological polar surface area (TPSA) is 53.9 Å². The number of halogens is 1. The molecule has 0 amide bonds. The Hall–Kier alpha value is -1.40. The molecular weight excluding hydrogens is 310 g/mol. The van der Waals surface area contributed by atoms with Crippen LogP contribution >= 0.6 is 15.9 Å². The van der Waals surface area contributed by atoms with E-state index in [9.17, 15) is 4.79 Å². The molecule has 1 aliphatic rings. The van der Waals surface area contributed by atoms with Crippen LogP contribution in [0.3, 0.4) is 0 Å². The zero-order valence-corrected chi connectivity index (χ0v) is 12.3. The van der Waals surface area contributed by atoms with Gasteiger partial charge in [0.15, 0.2) is 11.6 Å². The number of anilines is 1. The zero-order valence-electron chi connectivity index (χ0n) is 10.7. The minimum absolute atomic E-state index is 0.0495. The van der Waals surface area contributed by atoms with Gasteiger partial charge in [0.25, 0.3) is 0 Å². The van der Waals surface area contributed by atoms with Crippen LogP contribution in [-0.2, 0) is 9.53 Å². The van der Waals surface area contributed by atoms with Gasteiger partial charge in [-0.2, -0.15) is 5.10 Å². The van der Waals surface area contributed by atoms with E-state index in [2.05, 4.69) is 26.5 Å². The lowest BCUT2D eigenvalue weighted by Crippen LogP contribution is -2.44. The van der Waals surface area contributed by atoms with Crippen molar-refractivity contribution in [3.05, 3.63) is 28.7 Å². The summed E-state index contributed by atoms with van der Waals surface area (Å²) in [4.78, 5) is 13.6. The number of ketones is 1. The van der Waals surface area contributed by atoms with Crippen LogP contribution in [0.25, 0.3) is 0 Å². The Kier molecular flexibility index (Phi) is 4.93. The maximum atomic E-state index is 11.7. The number of carbonyl (C=O) groups is 1. The van der Waals surface area contributed by atoms with Crippen LogP contribution in [-0.4, -0.2) is 42.8 Å². The number of hydrazone groups is 1. The first kappa shape index (κ1) is 14.0. The molecule has 1 N–H and O–H groups in total. The van der Waals surface area contributed by atoms with E-state index < -0.39 is 0 Å². The van der Waals surface area contributed by atoms with E-state index in [-0.39, 0.29) is 5.78 Å². The fourth-order valence-corrected chi connectivity index (χ4v) is 2.05. The van der Waals surface area contributed by atoms with Gasteiger partial charge in [-0.15, -0.1) is 0 Å². The third kappa shape index (κ3) is 4.04. The molecule has 0 bridgehead atoms. The van der Waals surface area contributed by atoms with Gasteiger partial charge in [0.05, 0.1) is 18.9 Å². The number of benzene rings is 1. The monoisotopic (exact) mass is 325 g/mol. The van der Waals surface area contributed by atoms with E-state index in [0.29, 0.717) is 32.1 Å². The standard InChI is InChI=1S/C13H16BrN3O2/c1-10(18)13(17-6-8-19-9-7-17)16-15-12-4-2-11(14)3-5-12/h2-5,15H,6-9H2,1H3/b16-13+. The lowest BCUT2D eigenvalue weighted by molar-refractivity contribution is -0.112. The van der Waals surface area contributed by atoms with Crippen molar-refractivity contribution in [3.63, 3.8) is 0 Å². The molecule has 1 aromatic carbocycles. The first-order valence-corrected chi connectivity index (χ1v) is 6.89. The second-order valence-electron chi connectivity index (χ2n) is 4.21. The van der Waals surface area contributed by atoms with Crippen LogP contribution in [0.2, 0.25) is 0 Å². The van der Waals surface area contributed by atoms with Crippen LogP contribution in [0, 0.1) is 0 Å². The molecule has 0 radical (unpaired) electrons. The number of nitrogens with zero attached hydrogens (tertiary/aromatic N) is 2. The van der Waals surface area contributed by atoms with Gasteiger partial charge in [-0.25, -0.2) is 0 Å². The van der Waals surface area contributed by atoms with Crippen LogP contribution < -0.4 is 5.43 Å². The lowest BCUT2D eigenvalue weighted by Gasteiger charge is -2.28. The van der Waals surface area contributed by atoms with E-state index >= 15 is 0 Å². The molecule has 19 heavy (non-hydrogen) atoms. The fourth-order valence-electron chi connectivity index (χ4n) is 1.79. The molecule has 6 heteroatoms. The highest BCUT2D eigenvalue weighted by molar-refractivity contribution is 9.10. The van der Waals surface area contributed by atoms with Gasteiger partial charge in [0, 0.05) is 24.5 Å². The Morgan fingerprint density at radius 3 is 2.53 bits per heavy atom. The number of morpholine rings is 1. The van der Waals surface area contributed by atoms with E-state index in [1.54, 1.807) is 0 Å². The average Bonchev–Trinajstić information content (AvgIpc) is 2.42. The molecular formula is C13H16BrN3O2. The summed E-state index contributed by atoms with van der Waals surface area (Å²) in [5, 5.41) is 4.22. The Morgan fingerprint density at radius 1 is 1.32 bits per heavy atom. The summed E-state index contributed by atoms with van der Waals surface area (Å²) in [6.07, 6.45) is 0. The van der Waals surface area contributed by atoms with Crippen molar-refractivity contribution in [2.45, 2.75) is 6.92 Å². The predicted octanol–water partition coefficient (Wildman–Crippen LogP) is 2.10. The number of rotatable bonds is 3. The van der Waals surface area contributed by atoms with E-state index in [4.69, 9.17) is 4.74 Å². The van der Waals surface area contributed by atoms with Crippen LogP contribution in [0.15, 0.2) is 33.8 Å². The van der Waals surface area contributed by atoms with Crippen molar-refractivity contribution in [3.8, 4) is 0 Å². The Labute approximate surface area is 120 Å². The fraction of sp³-hybridized carbons (Fsp3) is 0.385. The van der Waals surface area contributed by atoms with Gasteiger partial charge in [-0.3, -0.25) is 10.2 Å². The molecule has 0 aliphatic carbocycles. The second-order valence-corrected chi connectivity index (χ2v) is 5.13. The van der Waals surface area contributed by atoms with Crippen LogP contribution in [0.5, 0.6) is 0 Å². The molecule has 102 valence electrons.